The van der Waals surface area contributed by atoms with E-state index >= 15 is 4.39 Å². The third kappa shape index (κ3) is 6.59. The molecule has 0 amide bonds. The first-order valence-electron chi connectivity index (χ1n) is 9.92. The van der Waals surface area contributed by atoms with E-state index in [2.05, 4.69) is 0 Å². The summed E-state index contributed by atoms with van der Waals surface area (Å²) < 4.78 is 42.2. The van der Waals surface area contributed by atoms with Gasteiger partial charge in [0.2, 0.25) is 0 Å². The molecule has 0 spiro atoms. The van der Waals surface area contributed by atoms with Crippen LogP contribution in [0.2, 0.25) is 0 Å². The Morgan fingerprint density at radius 3 is 2.00 bits per heavy atom. The lowest BCUT2D eigenvalue weighted by Crippen LogP contribution is -2.35. The van der Waals surface area contributed by atoms with E-state index in [0.717, 1.165) is 22.6 Å². The summed E-state index contributed by atoms with van der Waals surface area (Å²) in [7, 11) is 3.21. The Hall–Kier alpha value is -2.29. The summed E-state index contributed by atoms with van der Waals surface area (Å²) in [6, 6.07) is 14.9. The van der Waals surface area contributed by atoms with Crippen molar-refractivity contribution in [1.82, 2.24) is 0 Å². The number of carbonyl (C=O) groups excluding carboxylic acids is 1. The van der Waals surface area contributed by atoms with Gasteiger partial charge < -0.3 is 23.7 Å². The predicted octanol–water partition coefficient (Wildman–Crippen LogP) is 4.15. The molecule has 31 heavy (non-hydrogen) atoms. The molecule has 0 bridgehead atoms. The first-order valence-corrected chi connectivity index (χ1v) is 10.9. The second-order valence-electron chi connectivity index (χ2n) is 7.08. The molecule has 0 aromatic heterocycles. The zero-order chi connectivity index (χ0) is 22.2. The fraction of sp³-hybridized carbons (Fsp3) is 0.435. The summed E-state index contributed by atoms with van der Waals surface area (Å²) in [4.78, 5) is 11.4. The van der Waals surface area contributed by atoms with E-state index in [1.54, 1.807) is 14.2 Å². The van der Waals surface area contributed by atoms with Crippen LogP contribution in [0.4, 0.5) is 4.39 Å². The van der Waals surface area contributed by atoms with Crippen molar-refractivity contribution >= 4 is 17.7 Å². The number of esters is 1. The molecule has 1 unspecified atom stereocenters. The number of rotatable bonds is 10. The van der Waals surface area contributed by atoms with E-state index in [9.17, 15) is 4.79 Å². The summed E-state index contributed by atoms with van der Waals surface area (Å²) in [6.07, 6.45) is -2.20. The Kier molecular flexibility index (Phi) is 8.57. The van der Waals surface area contributed by atoms with Crippen LogP contribution in [0.3, 0.4) is 0 Å². The van der Waals surface area contributed by atoms with Gasteiger partial charge in [0.1, 0.15) is 17.6 Å². The molecular formula is C23H27FO6S. The summed E-state index contributed by atoms with van der Waals surface area (Å²) in [5.74, 6) is 0.990. The molecular weight excluding hydrogens is 423 g/mol. The molecule has 0 radical (unpaired) electrons. The van der Waals surface area contributed by atoms with E-state index in [4.69, 9.17) is 23.7 Å². The van der Waals surface area contributed by atoms with Crippen LogP contribution >= 0.6 is 11.8 Å². The van der Waals surface area contributed by atoms with Crippen molar-refractivity contribution in [2.75, 3.05) is 20.8 Å². The Bertz CT molecular complexity index is 829. The van der Waals surface area contributed by atoms with E-state index < -0.39 is 23.7 Å². The van der Waals surface area contributed by atoms with Crippen molar-refractivity contribution < 1.29 is 32.9 Å². The molecule has 1 fully saturated rings. The molecule has 1 saturated heterocycles. The number of hydrogen-bond acceptors (Lipinski definition) is 7. The number of methoxy groups -OCH3 is 2. The Morgan fingerprint density at radius 1 is 0.935 bits per heavy atom. The Balaban J connectivity index is 1.59. The van der Waals surface area contributed by atoms with Crippen LogP contribution < -0.4 is 9.47 Å². The second kappa shape index (κ2) is 11.4. The summed E-state index contributed by atoms with van der Waals surface area (Å²) in [6.45, 7) is 2.15. The smallest absolute Gasteiger partial charge is 0.303 e. The molecule has 0 N–H and O–H groups in total. The quantitative estimate of drug-likeness (QED) is 0.504. The number of hydrogen-bond donors (Lipinski definition) is 0. The van der Waals surface area contributed by atoms with Gasteiger partial charge in [-0.2, -0.15) is 0 Å². The van der Waals surface area contributed by atoms with Crippen LogP contribution in [0.5, 0.6) is 11.5 Å². The molecule has 2 aromatic rings. The van der Waals surface area contributed by atoms with Crippen molar-refractivity contribution in [3.63, 3.8) is 0 Å². The van der Waals surface area contributed by atoms with Gasteiger partial charge in [-0.1, -0.05) is 24.3 Å². The lowest BCUT2D eigenvalue weighted by atomic mass is 10.1. The molecule has 1 aliphatic rings. The van der Waals surface area contributed by atoms with E-state index in [0.29, 0.717) is 6.61 Å². The van der Waals surface area contributed by atoms with Gasteiger partial charge >= 0.3 is 5.97 Å². The van der Waals surface area contributed by atoms with Crippen LogP contribution in [-0.2, 0) is 32.2 Å². The standard InChI is InChI=1S/C23H27FO6S/c1-15(25)30-23-21(24)22(29-13-17-6-10-19(27-3)11-7-17)20(31-23)14-28-12-16-4-8-18(26-2)9-5-16/h4-11,20-23H,12-14H2,1-3H3/t20-,21+,22-,23?/m1/s1. The van der Waals surface area contributed by atoms with Gasteiger partial charge in [-0.3, -0.25) is 4.79 Å². The zero-order valence-corrected chi connectivity index (χ0v) is 18.6. The normalized spacial score (nSPS) is 22.8. The first kappa shape index (κ1) is 23.4. The Morgan fingerprint density at radius 2 is 1.48 bits per heavy atom. The van der Waals surface area contributed by atoms with Gasteiger partial charge in [-0.15, -0.1) is 11.8 Å². The largest absolute Gasteiger partial charge is 0.497 e. The molecule has 1 aliphatic heterocycles. The first-order chi connectivity index (χ1) is 15.0. The molecule has 2 aromatic carbocycles. The highest BCUT2D eigenvalue weighted by atomic mass is 32.2. The van der Waals surface area contributed by atoms with Gasteiger partial charge in [-0.25, -0.2) is 4.39 Å². The highest BCUT2D eigenvalue weighted by Gasteiger charge is 2.47. The SMILES string of the molecule is COc1ccc(COC[C@H]2SC(OC(C)=O)[C@@H](F)[C@@H]2OCc2ccc(OC)cc2)cc1. The minimum absolute atomic E-state index is 0.234. The highest BCUT2D eigenvalue weighted by molar-refractivity contribution is 8.00. The third-order valence-corrected chi connectivity index (χ3v) is 6.22. The fourth-order valence-electron chi connectivity index (χ4n) is 3.20. The average molecular weight is 451 g/mol. The van der Waals surface area contributed by atoms with Crippen LogP contribution in [0.25, 0.3) is 0 Å². The van der Waals surface area contributed by atoms with Crippen molar-refractivity contribution in [1.29, 1.82) is 0 Å². The molecule has 1 heterocycles. The molecule has 4 atom stereocenters. The summed E-state index contributed by atoms with van der Waals surface area (Å²) >= 11 is 1.23. The number of thioether (sulfide) groups is 1. The minimum atomic E-state index is -1.44. The van der Waals surface area contributed by atoms with Gasteiger partial charge in [0.25, 0.3) is 0 Å². The maximum Gasteiger partial charge on any atom is 0.303 e. The molecule has 0 saturated carbocycles. The fourth-order valence-corrected chi connectivity index (χ4v) is 4.60. The topological polar surface area (TPSA) is 63.2 Å². The number of halogens is 1. The van der Waals surface area contributed by atoms with Crippen LogP contribution in [-0.4, -0.2) is 49.8 Å². The molecule has 0 aliphatic carbocycles. The number of ether oxygens (including phenoxy) is 5. The van der Waals surface area contributed by atoms with Gasteiger partial charge in [0.05, 0.1) is 39.3 Å². The van der Waals surface area contributed by atoms with Crippen molar-refractivity contribution in [2.24, 2.45) is 0 Å². The van der Waals surface area contributed by atoms with Gasteiger partial charge in [-0.05, 0) is 35.4 Å². The van der Waals surface area contributed by atoms with Crippen LogP contribution in [0.15, 0.2) is 48.5 Å². The Labute approximate surface area is 186 Å². The molecule has 8 heteroatoms. The second-order valence-corrected chi connectivity index (χ2v) is 8.43. The number of alkyl halides is 1. The van der Waals surface area contributed by atoms with E-state index in [1.807, 2.05) is 48.5 Å². The predicted molar refractivity (Wildman–Crippen MR) is 116 cm³/mol. The summed E-state index contributed by atoms with van der Waals surface area (Å²) in [5.41, 5.74) is 0.965. The van der Waals surface area contributed by atoms with Crippen molar-refractivity contribution in [3.8, 4) is 11.5 Å². The molecule has 6 nitrogen and oxygen atoms in total. The third-order valence-electron chi connectivity index (χ3n) is 4.84. The lowest BCUT2D eigenvalue weighted by molar-refractivity contribution is -0.146. The zero-order valence-electron chi connectivity index (χ0n) is 17.8. The van der Waals surface area contributed by atoms with E-state index in [-0.39, 0.29) is 18.5 Å². The van der Waals surface area contributed by atoms with Crippen LogP contribution in [0.1, 0.15) is 18.1 Å². The van der Waals surface area contributed by atoms with Gasteiger partial charge in [0.15, 0.2) is 11.6 Å². The van der Waals surface area contributed by atoms with Gasteiger partial charge in [0, 0.05) is 6.92 Å². The lowest BCUT2D eigenvalue weighted by Gasteiger charge is -2.21. The van der Waals surface area contributed by atoms with E-state index in [1.165, 1.54) is 18.7 Å². The molecule has 168 valence electrons. The van der Waals surface area contributed by atoms with Crippen molar-refractivity contribution in [2.45, 2.75) is 43.1 Å². The molecule has 3 rings (SSSR count). The maximum atomic E-state index is 15.0. The minimum Gasteiger partial charge on any atom is -0.497 e. The number of benzene rings is 2. The monoisotopic (exact) mass is 450 g/mol. The highest BCUT2D eigenvalue weighted by Crippen LogP contribution is 2.39. The average Bonchev–Trinajstić information content (AvgIpc) is 3.06. The summed E-state index contributed by atoms with van der Waals surface area (Å²) in [5, 5.41) is -0.309. The maximum absolute atomic E-state index is 15.0. The van der Waals surface area contributed by atoms with Crippen molar-refractivity contribution in [3.05, 3.63) is 59.7 Å². The number of carbonyl (C=O) groups is 1. The van der Waals surface area contributed by atoms with Crippen LogP contribution in [0, 0.1) is 0 Å².